The number of para-hydroxylation sites is 1. The van der Waals surface area contributed by atoms with Gasteiger partial charge in [-0.05, 0) is 23.8 Å². The Morgan fingerprint density at radius 3 is 2.50 bits per heavy atom. The van der Waals surface area contributed by atoms with E-state index >= 15 is 0 Å². The molecule has 0 aliphatic heterocycles. The molecule has 0 aliphatic carbocycles. The minimum absolute atomic E-state index is 0.327. The summed E-state index contributed by atoms with van der Waals surface area (Å²) in [5.41, 5.74) is 2.07. The van der Waals surface area contributed by atoms with Gasteiger partial charge in [0.1, 0.15) is 18.1 Å². The monoisotopic (exact) mass is 269 g/mol. The van der Waals surface area contributed by atoms with Crippen LogP contribution < -0.4 is 10.1 Å². The van der Waals surface area contributed by atoms with E-state index in [9.17, 15) is 5.11 Å². The summed E-state index contributed by atoms with van der Waals surface area (Å²) in [6.07, 6.45) is 1.72. The zero-order chi connectivity index (χ0) is 14.2. The lowest BCUT2D eigenvalue weighted by Crippen LogP contribution is -2.12. The molecule has 2 N–H and O–H groups in total. The Morgan fingerprint density at radius 1 is 1.05 bits per heavy atom. The van der Waals surface area contributed by atoms with E-state index in [2.05, 4.69) is 11.9 Å². The topological polar surface area (TPSA) is 41.5 Å². The summed E-state index contributed by atoms with van der Waals surface area (Å²) in [4.78, 5) is 0. The number of phenolic OH excluding ortho intramolecular Hbond substituents is 1. The second-order valence-corrected chi connectivity index (χ2v) is 4.48. The van der Waals surface area contributed by atoms with Crippen LogP contribution in [-0.2, 0) is 13.1 Å². The van der Waals surface area contributed by atoms with E-state index in [0.717, 1.165) is 17.9 Å². The SMILES string of the molecule is C=CCOc1ccc(CNCc2ccccc2O)cc1. The van der Waals surface area contributed by atoms with Crippen LogP contribution in [0.1, 0.15) is 11.1 Å². The van der Waals surface area contributed by atoms with Crippen molar-refractivity contribution in [2.75, 3.05) is 6.61 Å². The molecule has 2 rings (SSSR count). The molecule has 2 aromatic carbocycles. The van der Waals surface area contributed by atoms with Gasteiger partial charge in [0.15, 0.2) is 0 Å². The Labute approximate surface area is 119 Å². The van der Waals surface area contributed by atoms with Gasteiger partial charge in [0.05, 0.1) is 0 Å². The van der Waals surface area contributed by atoms with Crippen LogP contribution in [0.4, 0.5) is 0 Å². The summed E-state index contributed by atoms with van der Waals surface area (Å²) >= 11 is 0. The second-order valence-electron chi connectivity index (χ2n) is 4.48. The second kappa shape index (κ2) is 7.36. The molecule has 0 heterocycles. The van der Waals surface area contributed by atoms with Gasteiger partial charge in [0.25, 0.3) is 0 Å². The average molecular weight is 269 g/mol. The van der Waals surface area contributed by atoms with Crippen LogP contribution >= 0.6 is 0 Å². The van der Waals surface area contributed by atoms with Crippen molar-refractivity contribution in [2.24, 2.45) is 0 Å². The summed E-state index contributed by atoms with van der Waals surface area (Å²) in [7, 11) is 0. The number of hydrogen-bond acceptors (Lipinski definition) is 3. The number of phenols is 1. The lowest BCUT2D eigenvalue weighted by molar-refractivity contribution is 0.363. The molecular weight excluding hydrogens is 250 g/mol. The molecule has 0 radical (unpaired) electrons. The number of ether oxygens (including phenoxy) is 1. The van der Waals surface area contributed by atoms with Crippen molar-refractivity contribution in [1.29, 1.82) is 0 Å². The molecular formula is C17H19NO2. The Balaban J connectivity index is 1.82. The van der Waals surface area contributed by atoms with Crippen molar-refractivity contribution >= 4 is 0 Å². The van der Waals surface area contributed by atoms with E-state index in [0.29, 0.717) is 18.9 Å². The number of rotatable bonds is 7. The molecule has 0 saturated heterocycles. The van der Waals surface area contributed by atoms with E-state index in [-0.39, 0.29) is 0 Å². The molecule has 3 nitrogen and oxygen atoms in total. The van der Waals surface area contributed by atoms with Crippen molar-refractivity contribution in [3.05, 3.63) is 72.3 Å². The molecule has 0 aromatic heterocycles. The van der Waals surface area contributed by atoms with Crippen LogP contribution in [0.5, 0.6) is 11.5 Å². The third kappa shape index (κ3) is 4.14. The molecule has 2 aromatic rings. The van der Waals surface area contributed by atoms with E-state index in [4.69, 9.17) is 4.74 Å². The van der Waals surface area contributed by atoms with Gasteiger partial charge in [-0.1, -0.05) is 43.0 Å². The average Bonchev–Trinajstić information content (AvgIpc) is 2.48. The molecule has 20 heavy (non-hydrogen) atoms. The van der Waals surface area contributed by atoms with Gasteiger partial charge in [0.2, 0.25) is 0 Å². The smallest absolute Gasteiger partial charge is 0.120 e. The summed E-state index contributed by atoms with van der Waals surface area (Å²) in [6.45, 7) is 5.52. The summed E-state index contributed by atoms with van der Waals surface area (Å²) in [6, 6.07) is 15.3. The highest BCUT2D eigenvalue weighted by Crippen LogP contribution is 2.16. The third-order valence-electron chi connectivity index (χ3n) is 2.93. The maximum atomic E-state index is 9.66. The first-order chi connectivity index (χ1) is 9.79. The summed E-state index contributed by atoms with van der Waals surface area (Å²) in [5.74, 6) is 1.17. The van der Waals surface area contributed by atoms with Gasteiger partial charge in [-0.15, -0.1) is 0 Å². The first-order valence-corrected chi connectivity index (χ1v) is 6.60. The quantitative estimate of drug-likeness (QED) is 0.758. The Morgan fingerprint density at radius 2 is 1.80 bits per heavy atom. The van der Waals surface area contributed by atoms with Crippen LogP contribution in [0.3, 0.4) is 0 Å². The van der Waals surface area contributed by atoms with Crippen molar-refractivity contribution in [2.45, 2.75) is 13.1 Å². The lowest BCUT2D eigenvalue weighted by Gasteiger charge is -2.08. The molecule has 0 aliphatic rings. The van der Waals surface area contributed by atoms with Crippen molar-refractivity contribution in [3.63, 3.8) is 0 Å². The number of nitrogens with one attached hydrogen (secondary N) is 1. The maximum absolute atomic E-state index is 9.66. The van der Waals surface area contributed by atoms with Crippen LogP contribution in [0.15, 0.2) is 61.2 Å². The zero-order valence-electron chi connectivity index (χ0n) is 11.4. The minimum atomic E-state index is 0.327. The minimum Gasteiger partial charge on any atom is -0.508 e. The first kappa shape index (κ1) is 14.2. The number of aromatic hydroxyl groups is 1. The van der Waals surface area contributed by atoms with E-state index in [1.54, 1.807) is 12.1 Å². The van der Waals surface area contributed by atoms with Gasteiger partial charge in [-0.2, -0.15) is 0 Å². The van der Waals surface area contributed by atoms with Crippen molar-refractivity contribution in [3.8, 4) is 11.5 Å². The highest BCUT2D eigenvalue weighted by Gasteiger charge is 1.99. The molecule has 0 amide bonds. The largest absolute Gasteiger partial charge is 0.508 e. The van der Waals surface area contributed by atoms with Crippen molar-refractivity contribution < 1.29 is 9.84 Å². The van der Waals surface area contributed by atoms with Gasteiger partial charge in [-0.25, -0.2) is 0 Å². The number of benzene rings is 2. The van der Waals surface area contributed by atoms with Crippen molar-refractivity contribution in [1.82, 2.24) is 5.32 Å². The van der Waals surface area contributed by atoms with Crippen LogP contribution in [0, 0.1) is 0 Å². The Kier molecular flexibility index (Phi) is 5.21. The molecule has 104 valence electrons. The summed E-state index contributed by atoms with van der Waals surface area (Å²) in [5, 5.41) is 13.0. The molecule has 0 atom stereocenters. The molecule has 0 fully saturated rings. The van der Waals surface area contributed by atoms with Gasteiger partial charge < -0.3 is 15.2 Å². The van der Waals surface area contributed by atoms with Gasteiger partial charge in [-0.3, -0.25) is 0 Å². The predicted molar refractivity (Wildman–Crippen MR) is 80.8 cm³/mol. The number of hydrogen-bond donors (Lipinski definition) is 2. The molecule has 0 bridgehead atoms. The summed E-state index contributed by atoms with van der Waals surface area (Å²) < 4.78 is 5.43. The standard InChI is InChI=1S/C17H19NO2/c1-2-11-20-16-9-7-14(8-10-16)12-18-13-15-5-3-4-6-17(15)19/h2-10,18-19H,1,11-13H2. The first-order valence-electron chi connectivity index (χ1n) is 6.60. The Hall–Kier alpha value is -2.26. The fraction of sp³-hybridized carbons (Fsp3) is 0.176. The zero-order valence-corrected chi connectivity index (χ0v) is 11.4. The molecule has 0 saturated carbocycles. The lowest BCUT2D eigenvalue weighted by atomic mass is 10.2. The van der Waals surface area contributed by atoms with E-state index in [1.165, 1.54) is 5.56 Å². The predicted octanol–water partition coefficient (Wildman–Crippen LogP) is 3.25. The molecule has 0 spiro atoms. The highest BCUT2D eigenvalue weighted by atomic mass is 16.5. The fourth-order valence-corrected chi connectivity index (χ4v) is 1.86. The fourth-order valence-electron chi connectivity index (χ4n) is 1.86. The third-order valence-corrected chi connectivity index (χ3v) is 2.93. The highest BCUT2D eigenvalue weighted by molar-refractivity contribution is 5.32. The van der Waals surface area contributed by atoms with E-state index in [1.807, 2.05) is 42.5 Å². The molecule has 3 heteroatoms. The van der Waals surface area contributed by atoms with Crippen LogP contribution in [0.25, 0.3) is 0 Å². The van der Waals surface area contributed by atoms with Gasteiger partial charge >= 0.3 is 0 Å². The normalized spacial score (nSPS) is 10.2. The Bertz CT molecular complexity index is 549. The van der Waals surface area contributed by atoms with Crippen LogP contribution in [0.2, 0.25) is 0 Å². The maximum Gasteiger partial charge on any atom is 0.120 e. The van der Waals surface area contributed by atoms with Gasteiger partial charge in [0, 0.05) is 18.7 Å². The molecule has 0 unspecified atom stereocenters. The van der Waals surface area contributed by atoms with E-state index < -0.39 is 0 Å². The van der Waals surface area contributed by atoms with Crippen LogP contribution in [-0.4, -0.2) is 11.7 Å².